The van der Waals surface area contributed by atoms with Crippen LogP contribution in [0.2, 0.25) is 5.02 Å². The molecule has 2 aromatic carbocycles. The third-order valence-electron chi connectivity index (χ3n) is 3.59. The molecule has 5 heteroatoms. The zero-order chi connectivity index (χ0) is 15.5. The lowest BCUT2D eigenvalue weighted by molar-refractivity contribution is -0.118. The Morgan fingerprint density at radius 3 is 2.73 bits per heavy atom. The summed E-state index contributed by atoms with van der Waals surface area (Å²) in [5, 5.41) is 0.647. The molecule has 0 radical (unpaired) electrons. The molecular formula is C17H16ClNO2S. The molecule has 1 heterocycles. The zero-order valence-electron chi connectivity index (χ0n) is 12.2. The SMILES string of the molecule is COc1ccc(CN2C(=O)CCSc3ccc(Cl)cc32)cc1. The first-order valence-electron chi connectivity index (χ1n) is 7.03. The van der Waals surface area contributed by atoms with E-state index in [4.69, 9.17) is 16.3 Å². The molecule has 0 bridgehead atoms. The number of anilines is 1. The lowest BCUT2D eigenvalue weighted by Crippen LogP contribution is -2.29. The molecule has 0 unspecified atom stereocenters. The average molecular weight is 334 g/mol. The fourth-order valence-corrected chi connectivity index (χ4v) is 3.57. The van der Waals surface area contributed by atoms with E-state index in [1.54, 1.807) is 18.9 Å². The number of thioether (sulfide) groups is 1. The van der Waals surface area contributed by atoms with E-state index < -0.39 is 0 Å². The Morgan fingerprint density at radius 2 is 2.00 bits per heavy atom. The molecule has 1 aliphatic rings. The monoisotopic (exact) mass is 333 g/mol. The van der Waals surface area contributed by atoms with Gasteiger partial charge in [0.05, 0.1) is 19.3 Å². The van der Waals surface area contributed by atoms with Crippen molar-refractivity contribution in [2.45, 2.75) is 17.9 Å². The minimum atomic E-state index is 0.129. The molecule has 0 N–H and O–H groups in total. The first-order chi connectivity index (χ1) is 10.7. The fourth-order valence-electron chi connectivity index (χ4n) is 2.43. The molecule has 0 aromatic heterocycles. The number of fused-ring (bicyclic) bond motifs is 1. The predicted octanol–water partition coefficient (Wildman–Crippen LogP) is 4.38. The van der Waals surface area contributed by atoms with Gasteiger partial charge in [-0.05, 0) is 35.9 Å². The van der Waals surface area contributed by atoms with Crippen molar-refractivity contribution >= 4 is 35.0 Å². The maximum absolute atomic E-state index is 12.5. The van der Waals surface area contributed by atoms with Crippen LogP contribution in [0.3, 0.4) is 0 Å². The van der Waals surface area contributed by atoms with Crippen molar-refractivity contribution in [3.63, 3.8) is 0 Å². The number of halogens is 1. The quantitative estimate of drug-likeness (QED) is 0.835. The van der Waals surface area contributed by atoms with Crippen molar-refractivity contribution in [3.05, 3.63) is 53.1 Å². The molecule has 3 nitrogen and oxygen atoms in total. The lowest BCUT2D eigenvalue weighted by atomic mass is 10.1. The summed E-state index contributed by atoms with van der Waals surface area (Å²) in [7, 11) is 1.64. The van der Waals surface area contributed by atoms with Gasteiger partial charge in [0.15, 0.2) is 0 Å². The second-order valence-electron chi connectivity index (χ2n) is 5.04. The van der Waals surface area contributed by atoms with E-state index in [1.807, 2.05) is 47.4 Å². The first-order valence-corrected chi connectivity index (χ1v) is 8.39. The van der Waals surface area contributed by atoms with E-state index in [2.05, 4.69) is 0 Å². The van der Waals surface area contributed by atoms with Gasteiger partial charge in [-0.25, -0.2) is 0 Å². The number of hydrogen-bond acceptors (Lipinski definition) is 3. The van der Waals surface area contributed by atoms with Crippen LogP contribution < -0.4 is 9.64 Å². The molecule has 2 aromatic rings. The van der Waals surface area contributed by atoms with E-state index in [1.165, 1.54) is 0 Å². The summed E-state index contributed by atoms with van der Waals surface area (Å²) in [5.41, 5.74) is 1.96. The molecule has 1 aliphatic heterocycles. The van der Waals surface area contributed by atoms with Gasteiger partial charge in [-0.3, -0.25) is 4.79 Å². The highest BCUT2D eigenvalue weighted by Gasteiger charge is 2.23. The Morgan fingerprint density at radius 1 is 1.23 bits per heavy atom. The van der Waals surface area contributed by atoms with E-state index in [0.717, 1.165) is 27.6 Å². The first kappa shape index (κ1) is 15.3. The van der Waals surface area contributed by atoms with Crippen molar-refractivity contribution < 1.29 is 9.53 Å². The van der Waals surface area contributed by atoms with Gasteiger partial charge < -0.3 is 9.64 Å². The number of methoxy groups -OCH3 is 1. The van der Waals surface area contributed by atoms with Gasteiger partial charge in [-0.1, -0.05) is 23.7 Å². The van der Waals surface area contributed by atoms with Gasteiger partial charge in [0.1, 0.15) is 5.75 Å². The Kier molecular flexibility index (Phi) is 4.60. The summed E-state index contributed by atoms with van der Waals surface area (Å²) < 4.78 is 5.17. The molecule has 114 valence electrons. The molecule has 1 amide bonds. The maximum atomic E-state index is 12.5. The summed E-state index contributed by atoms with van der Waals surface area (Å²) in [4.78, 5) is 15.4. The summed E-state index contributed by atoms with van der Waals surface area (Å²) >= 11 is 7.82. The molecule has 0 saturated carbocycles. The van der Waals surface area contributed by atoms with Gasteiger partial charge in [0.25, 0.3) is 0 Å². The highest BCUT2D eigenvalue weighted by molar-refractivity contribution is 7.99. The minimum Gasteiger partial charge on any atom is -0.497 e. The lowest BCUT2D eigenvalue weighted by Gasteiger charge is -2.23. The molecular weight excluding hydrogens is 318 g/mol. The van der Waals surface area contributed by atoms with Crippen LogP contribution in [-0.2, 0) is 11.3 Å². The average Bonchev–Trinajstić information content (AvgIpc) is 2.68. The van der Waals surface area contributed by atoms with Crippen molar-refractivity contribution in [1.29, 1.82) is 0 Å². The molecule has 0 aliphatic carbocycles. The van der Waals surface area contributed by atoms with Gasteiger partial charge >= 0.3 is 0 Å². The van der Waals surface area contributed by atoms with Crippen LogP contribution in [-0.4, -0.2) is 18.8 Å². The maximum Gasteiger partial charge on any atom is 0.228 e. The van der Waals surface area contributed by atoms with Crippen LogP contribution in [0.25, 0.3) is 0 Å². The smallest absolute Gasteiger partial charge is 0.228 e. The molecule has 22 heavy (non-hydrogen) atoms. The van der Waals surface area contributed by atoms with Crippen molar-refractivity contribution in [3.8, 4) is 5.75 Å². The van der Waals surface area contributed by atoms with E-state index in [9.17, 15) is 4.79 Å². The van der Waals surface area contributed by atoms with E-state index in [-0.39, 0.29) is 5.91 Å². The highest BCUT2D eigenvalue weighted by atomic mass is 35.5. The Bertz CT molecular complexity index is 688. The number of benzene rings is 2. The van der Waals surface area contributed by atoms with Gasteiger partial charge in [-0.2, -0.15) is 0 Å². The molecule has 0 fully saturated rings. The number of hydrogen-bond donors (Lipinski definition) is 0. The summed E-state index contributed by atoms with van der Waals surface area (Å²) in [6, 6.07) is 13.5. The third kappa shape index (κ3) is 3.23. The van der Waals surface area contributed by atoms with Crippen molar-refractivity contribution in [2.75, 3.05) is 17.8 Å². The Balaban J connectivity index is 1.93. The molecule has 0 atom stereocenters. The second kappa shape index (κ2) is 6.63. The van der Waals surface area contributed by atoms with Crippen molar-refractivity contribution in [1.82, 2.24) is 0 Å². The number of carbonyl (C=O) groups is 1. The number of rotatable bonds is 3. The van der Waals surface area contributed by atoms with Crippen molar-refractivity contribution in [2.24, 2.45) is 0 Å². The second-order valence-corrected chi connectivity index (χ2v) is 6.61. The van der Waals surface area contributed by atoms with E-state index in [0.29, 0.717) is 18.0 Å². The Labute approximate surface area is 139 Å². The van der Waals surface area contributed by atoms with Crippen LogP contribution in [0.15, 0.2) is 47.4 Å². The van der Waals surface area contributed by atoms with Crippen LogP contribution >= 0.6 is 23.4 Å². The highest BCUT2D eigenvalue weighted by Crippen LogP contribution is 2.37. The fraction of sp³-hybridized carbons (Fsp3) is 0.235. The third-order valence-corrected chi connectivity index (χ3v) is 4.89. The topological polar surface area (TPSA) is 29.5 Å². The largest absolute Gasteiger partial charge is 0.497 e. The van der Waals surface area contributed by atoms with Crippen LogP contribution in [0.5, 0.6) is 5.75 Å². The molecule has 0 saturated heterocycles. The van der Waals surface area contributed by atoms with Gasteiger partial charge in [0.2, 0.25) is 5.91 Å². The van der Waals surface area contributed by atoms with E-state index >= 15 is 0 Å². The standard InChI is InChI=1S/C17H16ClNO2S/c1-21-14-5-2-12(3-6-14)11-19-15-10-13(18)4-7-16(15)22-9-8-17(19)20/h2-7,10H,8-9,11H2,1H3. The summed E-state index contributed by atoms with van der Waals surface area (Å²) in [6.45, 7) is 0.538. The Hall–Kier alpha value is -1.65. The number of amides is 1. The summed E-state index contributed by atoms with van der Waals surface area (Å²) in [5.74, 6) is 1.74. The molecule has 0 spiro atoms. The van der Waals surface area contributed by atoms with Gasteiger partial charge in [-0.15, -0.1) is 11.8 Å². The van der Waals surface area contributed by atoms with Crippen LogP contribution in [0.4, 0.5) is 5.69 Å². The van der Waals surface area contributed by atoms with Gasteiger partial charge in [0, 0.05) is 22.1 Å². The number of carbonyl (C=O) groups excluding carboxylic acids is 1. The normalized spacial score (nSPS) is 14.5. The predicted molar refractivity (Wildman–Crippen MR) is 91.0 cm³/mol. The van der Waals surface area contributed by atoms with Crippen LogP contribution in [0.1, 0.15) is 12.0 Å². The zero-order valence-corrected chi connectivity index (χ0v) is 13.8. The summed E-state index contributed by atoms with van der Waals surface area (Å²) in [6.07, 6.45) is 0.535. The number of nitrogens with zero attached hydrogens (tertiary/aromatic N) is 1. The number of ether oxygens (including phenoxy) is 1. The minimum absolute atomic E-state index is 0.129. The van der Waals surface area contributed by atoms with Crippen LogP contribution in [0, 0.1) is 0 Å². The molecule has 3 rings (SSSR count).